The van der Waals surface area contributed by atoms with Crippen LogP contribution in [0.4, 0.5) is 0 Å². The number of carbonyl (C=O) groups is 1. The van der Waals surface area contributed by atoms with Gasteiger partial charge in [-0.25, -0.2) is 18.2 Å². The SMILES string of the molecule is CCn1cc(-c2ccc(Cl)cc2Cl)nc1/C=C/c1ccc(-c2ccc(Oc3ccc(C(=O)O)c(CS(C)(=O)=O)c3)cc2)cc1. The minimum Gasteiger partial charge on any atom is -0.478 e. The number of sulfone groups is 1. The molecule has 1 aromatic heterocycles. The molecule has 0 atom stereocenters. The maximum absolute atomic E-state index is 11.8. The molecule has 0 unspecified atom stereocenters. The van der Waals surface area contributed by atoms with Crippen molar-refractivity contribution in [3.8, 4) is 33.9 Å². The van der Waals surface area contributed by atoms with Crippen molar-refractivity contribution in [3.05, 3.63) is 124 Å². The van der Waals surface area contributed by atoms with E-state index in [1.54, 1.807) is 24.3 Å². The number of aromatic nitrogens is 2. The zero-order valence-electron chi connectivity index (χ0n) is 23.9. The minimum absolute atomic E-state index is 0.0698. The lowest BCUT2D eigenvalue weighted by Crippen LogP contribution is -2.08. The average molecular weight is 648 g/mol. The van der Waals surface area contributed by atoms with Crippen molar-refractivity contribution in [2.24, 2.45) is 0 Å². The van der Waals surface area contributed by atoms with Crippen LogP contribution in [0.2, 0.25) is 10.0 Å². The second-order valence-corrected chi connectivity index (χ2v) is 13.2. The van der Waals surface area contributed by atoms with Gasteiger partial charge >= 0.3 is 5.97 Å². The van der Waals surface area contributed by atoms with Crippen molar-refractivity contribution in [3.63, 3.8) is 0 Å². The number of nitrogens with zero attached hydrogens (tertiary/aromatic N) is 2. The lowest BCUT2D eigenvalue weighted by molar-refractivity contribution is 0.0696. The smallest absolute Gasteiger partial charge is 0.336 e. The summed E-state index contributed by atoms with van der Waals surface area (Å²) < 4.78 is 31.5. The van der Waals surface area contributed by atoms with E-state index in [1.807, 2.05) is 60.8 Å². The van der Waals surface area contributed by atoms with Crippen LogP contribution >= 0.6 is 23.2 Å². The van der Waals surface area contributed by atoms with Crippen molar-refractivity contribution in [1.29, 1.82) is 0 Å². The van der Waals surface area contributed by atoms with Crippen LogP contribution in [-0.4, -0.2) is 35.3 Å². The summed E-state index contributed by atoms with van der Waals surface area (Å²) >= 11 is 12.4. The van der Waals surface area contributed by atoms with Gasteiger partial charge in [0.25, 0.3) is 0 Å². The standard InChI is InChI=1S/C34H28Cl2N2O5S/c1-3-38-20-32(30-15-11-26(35)19-31(30)36)37-33(38)17-6-22-4-7-23(8-5-22)24-9-12-27(13-10-24)43-28-14-16-29(34(39)40)25(18-28)21-44(2,41)42/h4-20H,3,21H2,1-2H3,(H,39,40)/b17-6+. The van der Waals surface area contributed by atoms with Gasteiger partial charge < -0.3 is 14.4 Å². The predicted molar refractivity (Wildman–Crippen MR) is 176 cm³/mol. The van der Waals surface area contributed by atoms with Crippen LogP contribution in [0.3, 0.4) is 0 Å². The van der Waals surface area contributed by atoms with Gasteiger partial charge in [0.1, 0.15) is 17.3 Å². The molecule has 0 aliphatic carbocycles. The van der Waals surface area contributed by atoms with Crippen molar-refractivity contribution >= 4 is 51.2 Å². The van der Waals surface area contributed by atoms with Crippen LogP contribution in [0.5, 0.6) is 11.5 Å². The first-order valence-electron chi connectivity index (χ1n) is 13.6. The molecule has 0 amide bonds. The molecule has 5 rings (SSSR count). The molecule has 7 nitrogen and oxygen atoms in total. The largest absolute Gasteiger partial charge is 0.478 e. The van der Waals surface area contributed by atoms with Gasteiger partial charge in [-0.2, -0.15) is 0 Å². The van der Waals surface area contributed by atoms with Gasteiger partial charge in [0.2, 0.25) is 0 Å². The van der Waals surface area contributed by atoms with Gasteiger partial charge in [-0.1, -0.05) is 65.7 Å². The molecular weight excluding hydrogens is 619 g/mol. The monoisotopic (exact) mass is 646 g/mol. The fraction of sp³-hybridized carbons (Fsp3) is 0.118. The Morgan fingerprint density at radius 2 is 1.57 bits per heavy atom. The fourth-order valence-corrected chi connectivity index (χ4v) is 6.01. The van der Waals surface area contributed by atoms with Gasteiger partial charge in [0, 0.05) is 29.6 Å². The highest BCUT2D eigenvalue weighted by Gasteiger charge is 2.16. The Bertz CT molecular complexity index is 1970. The second-order valence-electron chi connectivity index (χ2n) is 10.2. The second kappa shape index (κ2) is 13.1. The number of carboxylic acid groups (broad SMARTS) is 1. The van der Waals surface area contributed by atoms with E-state index < -0.39 is 21.6 Å². The molecule has 0 saturated heterocycles. The zero-order valence-corrected chi connectivity index (χ0v) is 26.2. The lowest BCUT2D eigenvalue weighted by atomic mass is 10.0. The van der Waals surface area contributed by atoms with E-state index in [0.29, 0.717) is 21.5 Å². The predicted octanol–water partition coefficient (Wildman–Crippen LogP) is 8.75. The lowest BCUT2D eigenvalue weighted by Gasteiger charge is -2.11. The zero-order chi connectivity index (χ0) is 31.4. The molecule has 44 heavy (non-hydrogen) atoms. The number of halogens is 2. The first-order valence-corrected chi connectivity index (χ1v) is 16.4. The summed E-state index contributed by atoms with van der Waals surface area (Å²) in [5.41, 5.74) is 4.73. The molecule has 4 aromatic carbocycles. The van der Waals surface area contributed by atoms with Crippen molar-refractivity contribution in [2.75, 3.05) is 6.26 Å². The van der Waals surface area contributed by atoms with Crippen LogP contribution in [0.25, 0.3) is 34.5 Å². The maximum Gasteiger partial charge on any atom is 0.336 e. The number of benzene rings is 4. The average Bonchev–Trinajstić information content (AvgIpc) is 3.39. The Hall–Kier alpha value is -4.37. The molecule has 0 bridgehead atoms. The summed E-state index contributed by atoms with van der Waals surface area (Å²) in [6.07, 6.45) is 7.02. The quantitative estimate of drug-likeness (QED) is 0.163. The molecule has 10 heteroatoms. The first kappa shape index (κ1) is 31.1. The van der Waals surface area contributed by atoms with Crippen LogP contribution in [-0.2, 0) is 22.1 Å². The van der Waals surface area contributed by atoms with Gasteiger partial charge in [-0.15, -0.1) is 0 Å². The Morgan fingerprint density at radius 1 is 0.909 bits per heavy atom. The Labute approximate surface area is 265 Å². The molecule has 0 radical (unpaired) electrons. The molecular formula is C34H28Cl2N2O5S. The van der Waals surface area contributed by atoms with E-state index in [9.17, 15) is 18.3 Å². The fourth-order valence-electron chi connectivity index (χ4n) is 4.70. The van der Waals surface area contributed by atoms with E-state index in [0.717, 1.165) is 46.6 Å². The van der Waals surface area contributed by atoms with Crippen LogP contribution in [0.1, 0.15) is 34.2 Å². The van der Waals surface area contributed by atoms with Crippen molar-refractivity contribution in [2.45, 2.75) is 19.2 Å². The number of aryl methyl sites for hydroxylation is 1. The molecule has 0 fully saturated rings. The van der Waals surface area contributed by atoms with E-state index in [-0.39, 0.29) is 11.1 Å². The number of hydrogen-bond donors (Lipinski definition) is 1. The molecule has 1 N–H and O–H groups in total. The summed E-state index contributed by atoms with van der Waals surface area (Å²) in [6.45, 7) is 2.81. The number of hydrogen-bond acceptors (Lipinski definition) is 5. The van der Waals surface area contributed by atoms with Crippen LogP contribution in [0, 0.1) is 0 Å². The third kappa shape index (κ3) is 7.58. The van der Waals surface area contributed by atoms with E-state index >= 15 is 0 Å². The Balaban J connectivity index is 1.28. The minimum atomic E-state index is -3.43. The van der Waals surface area contributed by atoms with Crippen molar-refractivity contribution < 1.29 is 23.1 Å². The molecule has 0 aliphatic heterocycles. The Kier molecular flexibility index (Phi) is 9.25. The van der Waals surface area contributed by atoms with Gasteiger partial charge in [-0.05, 0) is 83.8 Å². The molecule has 1 heterocycles. The molecule has 224 valence electrons. The highest BCUT2D eigenvalue weighted by atomic mass is 35.5. The molecule has 0 aliphatic rings. The molecule has 0 spiro atoms. The molecule has 0 saturated carbocycles. The van der Waals surface area contributed by atoms with Crippen LogP contribution in [0.15, 0.2) is 91.1 Å². The number of rotatable bonds is 10. The van der Waals surface area contributed by atoms with E-state index in [4.69, 9.17) is 32.9 Å². The highest BCUT2D eigenvalue weighted by molar-refractivity contribution is 7.89. The summed E-state index contributed by atoms with van der Waals surface area (Å²) in [5.74, 6) is 0.116. The number of ether oxygens (including phenoxy) is 1. The van der Waals surface area contributed by atoms with Gasteiger partial charge in [0.15, 0.2) is 9.84 Å². The van der Waals surface area contributed by atoms with Gasteiger partial charge in [0.05, 0.1) is 22.0 Å². The summed E-state index contributed by atoms with van der Waals surface area (Å²) in [4.78, 5) is 16.3. The normalized spacial score (nSPS) is 11.6. The molecule has 5 aromatic rings. The van der Waals surface area contributed by atoms with Crippen molar-refractivity contribution in [1.82, 2.24) is 9.55 Å². The number of imidazole rings is 1. The number of carboxylic acids is 1. The topological polar surface area (TPSA) is 98.5 Å². The number of aromatic carboxylic acids is 1. The van der Waals surface area contributed by atoms with Crippen LogP contribution < -0.4 is 4.74 Å². The highest BCUT2D eigenvalue weighted by Crippen LogP contribution is 2.31. The maximum atomic E-state index is 11.8. The Morgan fingerprint density at radius 3 is 2.18 bits per heavy atom. The third-order valence-corrected chi connectivity index (χ3v) is 8.22. The van der Waals surface area contributed by atoms with E-state index in [1.165, 1.54) is 18.2 Å². The summed E-state index contributed by atoms with van der Waals surface area (Å²) in [5, 5.41) is 10.5. The van der Waals surface area contributed by atoms with Gasteiger partial charge in [-0.3, -0.25) is 0 Å². The third-order valence-electron chi connectivity index (χ3n) is 6.84. The summed E-state index contributed by atoms with van der Waals surface area (Å²) in [6, 6.07) is 25.3. The summed E-state index contributed by atoms with van der Waals surface area (Å²) in [7, 11) is -3.43. The first-order chi connectivity index (χ1) is 21.0. The van der Waals surface area contributed by atoms with E-state index in [2.05, 4.69) is 11.5 Å².